The SMILES string of the molecule is CCN1C(=O)N(c2cnc(C#Cc3ccccc3)nc2)CC1(C)C.CN1C(=O)N(c2cnc(C#Cc3ccccc3)nc2)CC1(C)C. The number of nitrogens with zero attached hydrogens (tertiary/aromatic N) is 8. The molecule has 0 spiro atoms. The normalized spacial score (nSPS) is 16.1. The van der Waals surface area contributed by atoms with Gasteiger partial charge in [0.1, 0.15) is 0 Å². The van der Waals surface area contributed by atoms with Gasteiger partial charge in [0.2, 0.25) is 11.6 Å². The molecule has 2 aromatic carbocycles. The molecule has 2 aliphatic rings. The van der Waals surface area contributed by atoms with Crippen molar-refractivity contribution in [1.29, 1.82) is 0 Å². The monoisotopic (exact) mass is 626 g/mol. The molecule has 0 radical (unpaired) electrons. The van der Waals surface area contributed by atoms with Crippen LogP contribution in [0.15, 0.2) is 85.5 Å². The van der Waals surface area contributed by atoms with Crippen LogP contribution < -0.4 is 9.80 Å². The summed E-state index contributed by atoms with van der Waals surface area (Å²) in [6.07, 6.45) is 6.62. The molecular formula is C37H38N8O2. The molecule has 0 aliphatic carbocycles. The maximum Gasteiger partial charge on any atom is 0.325 e. The molecule has 6 rings (SSSR count). The number of hydrogen-bond donors (Lipinski definition) is 0. The molecule has 47 heavy (non-hydrogen) atoms. The number of rotatable bonds is 3. The van der Waals surface area contributed by atoms with E-state index in [-0.39, 0.29) is 23.1 Å². The van der Waals surface area contributed by atoms with Crippen molar-refractivity contribution in [3.63, 3.8) is 0 Å². The van der Waals surface area contributed by atoms with Crippen LogP contribution in [-0.2, 0) is 0 Å². The van der Waals surface area contributed by atoms with Crippen LogP contribution in [-0.4, -0.2) is 79.6 Å². The van der Waals surface area contributed by atoms with Crippen molar-refractivity contribution in [2.45, 2.75) is 45.7 Å². The topological polar surface area (TPSA) is 98.7 Å². The zero-order chi connectivity index (χ0) is 33.6. The van der Waals surface area contributed by atoms with E-state index in [1.807, 2.05) is 93.4 Å². The highest BCUT2D eigenvalue weighted by Crippen LogP contribution is 2.30. The van der Waals surface area contributed by atoms with Crippen molar-refractivity contribution in [3.05, 3.63) is 108 Å². The lowest BCUT2D eigenvalue weighted by molar-refractivity contribution is 0.182. The van der Waals surface area contributed by atoms with E-state index in [4.69, 9.17) is 0 Å². The number of carbonyl (C=O) groups excluding carboxylic acids is 2. The summed E-state index contributed by atoms with van der Waals surface area (Å²) in [5.74, 6) is 12.8. The van der Waals surface area contributed by atoms with E-state index in [0.29, 0.717) is 42.7 Å². The van der Waals surface area contributed by atoms with E-state index in [1.54, 1.807) is 39.5 Å². The Morgan fingerprint density at radius 1 is 0.617 bits per heavy atom. The third-order valence-electron chi connectivity index (χ3n) is 8.11. The summed E-state index contributed by atoms with van der Waals surface area (Å²) >= 11 is 0. The van der Waals surface area contributed by atoms with E-state index in [2.05, 4.69) is 57.5 Å². The molecule has 10 nitrogen and oxygen atoms in total. The molecule has 0 atom stereocenters. The Morgan fingerprint density at radius 3 is 1.38 bits per heavy atom. The fourth-order valence-electron chi connectivity index (χ4n) is 5.26. The van der Waals surface area contributed by atoms with Crippen LogP contribution in [0.1, 0.15) is 57.4 Å². The maximum atomic E-state index is 12.5. The Kier molecular flexibility index (Phi) is 9.53. The van der Waals surface area contributed by atoms with Gasteiger partial charge in [-0.3, -0.25) is 9.80 Å². The first-order chi connectivity index (χ1) is 22.5. The Hall–Kier alpha value is -5.74. The van der Waals surface area contributed by atoms with Gasteiger partial charge in [0.05, 0.1) is 60.3 Å². The Morgan fingerprint density at radius 2 is 1.02 bits per heavy atom. The molecule has 0 saturated carbocycles. The van der Waals surface area contributed by atoms with Crippen LogP contribution >= 0.6 is 0 Å². The molecule has 0 unspecified atom stereocenters. The van der Waals surface area contributed by atoms with Crippen LogP contribution in [0.25, 0.3) is 0 Å². The highest BCUT2D eigenvalue weighted by atomic mass is 16.2. The van der Waals surface area contributed by atoms with Crippen LogP contribution in [0.3, 0.4) is 0 Å². The smallest absolute Gasteiger partial charge is 0.320 e. The molecule has 2 saturated heterocycles. The zero-order valence-corrected chi connectivity index (χ0v) is 27.6. The second kappa shape index (κ2) is 13.7. The highest BCUT2D eigenvalue weighted by Gasteiger charge is 2.43. The van der Waals surface area contributed by atoms with Crippen LogP contribution in [0.4, 0.5) is 21.0 Å². The van der Waals surface area contributed by atoms with Gasteiger partial charge < -0.3 is 9.80 Å². The lowest BCUT2D eigenvalue weighted by Crippen LogP contribution is -2.41. The lowest BCUT2D eigenvalue weighted by Gasteiger charge is -2.27. The van der Waals surface area contributed by atoms with Crippen molar-refractivity contribution in [2.75, 3.05) is 36.5 Å². The van der Waals surface area contributed by atoms with E-state index in [9.17, 15) is 9.59 Å². The average Bonchev–Trinajstić information content (AvgIpc) is 3.45. The van der Waals surface area contributed by atoms with E-state index < -0.39 is 0 Å². The largest absolute Gasteiger partial charge is 0.325 e. The third kappa shape index (κ3) is 7.57. The quantitative estimate of drug-likeness (QED) is 0.281. The van der Waals surface area contributed by atoms with Crippen molar-refractivity contribution in [3.8, 4) is 23.7 Å². The molecular weight excluding hydrogens is 588 g/mol. The van der Waals surface area contributed by atoms with Gasteiger partial charge in [-0.25, -0.2) is 29.5 Å². The molecule has 4 heterocycles. The van der Waals surface area contributed by atoms with Crippen LogP contribution in [0, 0.1) is 23.7 Å². The second-order valence-electron chi connectivity index (χ2n) is 12.4. The second-order valence-corrected chi connectivity index (χ2v) is 12.4. The van der Waals surface area contributed by atoms with E-state index >= 15 is 0 Å². The lowest BCUT2D eigenvalue weighted by atomic mass is 10.1. The summed E-state index contributed by atoms with van der Waals surface area (Å²) in [6, 6.07) is 19.3. The van der Waals surface area contributed by atoms with E-state index in [1.165, 1.54) is 0 Å². The number of hydrogen-bond acceptors (Lipinski definition) is 6. The van der Waals surface area contributed by atoms with Gasteiger partial charge in [-0.1, -0.05) is 48.2 Å². The number of aromatic nitrogens is 4. The molecule has 4 amide bonds. The van der Waals surface area contributed by atoms with Crippen LogP contribution in [0.2, 0.25) is 0 Å². The minimum Gasteiger partial charge on any atom is -0.320 e. The van der Waals surface area contributed by atoms with Gasteiger partial charge in [-0.15, -0.1) is 0 Å². The van der Waals surface area contributed by atoms with Gasteiger partial charge in [0, 0.05) is 24.7 Å². The van der Waals surface area contributed by atoms with Crippen LogP contribution in [0.5, 0.6) is 0 Å². The Bertz CT molecular complexity index is 1840. The first kappa shape index (κ1) is 32.6. The van der Waals surface area contributed by atoms with Crippen molar-refractivity contribution < 1.29 is 9.59 Å². The molecule has 2 fully saturated rings. The molecule has 10 heteroatoms. The molecule has 2 aliphatic heterocycles. The number of anilines is 2. The standard InChI is InChI=1S/C19H20N4O.C18H18N4O/c1-4-23-18(24)22(14-19(23,2)3)16-12-20-17(21-13-16)11-10-15-8-6-5-7-9-15;1-18(2)13-22(17(23)21(18)3)15-11-19-16(20-12-15)10-9-14-7-5-4-6-8-14/h5-9,12-13H,4,14H2,1-3H3;4-8,11-12H,13H2,1-3H3. The van der Waals surface area contributed by atoms with Gasteiger partial charge in [0.15, 0.2) is 0 Å². The summed E-state index contributed by atoms with van der Waals surface area (Å²) in [7, 11) is 1.81. The Balaban J connectivity index is 0.000000185. The highest BCUT2D eigenvalue weighted by molar-refractivity contribution is 5.95. The van der Waals surface area contributed by atoms with Crippen molar-refractivity contribution in [2.24, 2.45) is 0 Å². The number of urea groups is 2. The van der Waals surface area contributed by atoms with Gasteiger partial charge in [0.25, 0.3) is 0 Å². The molecule has 0 bridgehead atoms. The summed E-state index contributed by atoms with van der Waals surface area (Å²) in [5.41, 5.74) is 2.83. The summed E-state index contributed by atoms with van der Waals surface area (Å²) < 4.78 is 0. The van der Waals surface area contributed by atoms with Gasteiger partial charge >= 0.3 is 12.1 Å². The van der Waals surface area contributed by atoms with Crippen molar-refractivity contribution in [1.82, 2.24) is 29.7 Å². The van der Waals surface area contributed by atoms with Gasteiger partial charge in [-0.05, 0) is 70.7 Å². The fourth-order valence-corrected chi connectivity index (χ4v) is 5.26. The maximum absolute atomic E-state index is 12.5. The first-order valence-electron chi connectivity index (χ1n) is 15.4. The third-order valence-corrected chi connectivity index (χ3v) is 8.11. The molecule has 2 aromatic heterocycles. The number of likely N-dealkylation sites (N-methyl/N-ethyl adjacent to an activating group) is 2. The molecule has 0 N–H and O–H groups in total. The average molecular weight is 627 g/mol. The minimum absolute atomic E-state index is 0.00535. The predicted octanol–water partition coefficient (Wildman–Crippen LogP) is 5.44. The number of carbonyl (C=O) groups is 2. The number of amides is 4. The minimum atomic E-state index is -0.205. The number of benzene rings is 2. The summed E-state index contributed by atoms with van der Waals surface area (Å²) in [6.45, 7) is 12.1. The zero-order valence-electron chi connectivity index (χ0n) is 27.6. The van der Waals surface area contributed by atoms with Crippen molar-refractivity contribution >= 4 is 23.4 Å². The summed E-state index contributed by atoms with van der Waals surface area (Å²) in [4.78, 5) is 48.8. The Labute approximate surface area is 276 Å². The van der Waals surface area contributed by atoms with Gasteiger partial charge in [-0.2, -0.15) is 0 Å². The summed E-state index contributed by atoms with van der Waals surface area (Å²) in [5, 5.41) is 0. The predicted molar refractivity (Wildman–Crippen MR) is 183 cm³/mol. The molecule has 4 aromatic rings. The fraction of sp³-hybridized carbons (Fsp3) is 0.297. The van der Waals surface area contributed by atoms with E-state index in [0.717, 1.165) is 11.1 Å². The molecule has 238 valence electrons. The first-order valence-corrected chi connectivity index (χ1v) is 15.4.